The lowest BCUT2D eigenvalue weighted by molar-refractivity contribution is -0.917. The van der Waals surface area contributed by atoms with Gasteiger partial charge in [-0.1, -0.05) is 44.5 Å². The van der Waals surface area contributed by atoms with Crippen LogP contribution in [-0.2, 0) is 19.7 Å². The number of halogens is 10. The molecule has 1 heterocycles. The van der Waals surface area contributed by atoms with E-state index in [4.69, 9.17) is 5.41 Å². The van der Waals surface area contributed by atoms with Crippen molar-refractivity contribution in [2.75, 3.05) is 26.2 Å². The Morgan fingerprint density at radius 3 is 1.74 bits per heavy atom. The standard InChI is InChI=1S/C17H7F10NO4S2.C11H24N/c18-14(19,20)16(24,25)33(29,30)11-6-9-8-4-2-1-3-7(8)5-10(9)12(28)13(11)34(31,32)17(26,27)15(21,22)23;1-3-5-9-12(8-4-2)10-6-7-11-12/h1-6,28H;3-11H2,1-2H3/q;+1. The van der Waals surface area contributed by atoms with Crippen LogP contribution in [0.4, 0.5) is 43.9 Å². The lowest BCUT2D eigenvalue weighted by Crippen LogP contribution is -2.48. The molecule has 46 heavy (non-hydrogen) atoms. The van der Waals surface area contributed by atoms with Crippen molar-refractivity contribution in [2.45, 2.75) is 68.8 Å². The molecule has 1 fully saturated rings. The molecule has 18 heteroatoms. The van der Waals surface area contributed by atoms with E-state index < -0.39 is 69.2 Å². The second-order valence-electron chi connectivity index (χ2n) is 11.1. The summed E-state index contributed by atoms with van der Waals surface area (Å²) in [4.78, 5) is -5.57. The molecule has 1 aromatic rings. The first kappa shape index (κ1) is 37.7. The van der Waals surface area contributed by atoms with Gasteiger partial charge in [-0.25, -0.2) is 16.8 Å². The van der Waals surface area contributed by atoms with Crippen LogP contribution in [0.2, 0.25) is 0 Å². The fourth-order valence-corrected chi connectivity index (χ4v) is 8.74. The number of nitrogens with one attached hydrogen (secondary N) is 1. The summed E-state index contributed by atoms with van der Waals surface area (Å²) in [6.07, 6.45) is -6.11. The fourth-order valence-electron chi connectivity index (χ4n) is 5.62. The summed E-state index contributed by atoms with van der Waals surface area (Å²) in [5.74, 6) is 0. The Labute approximate surface area is 259 Å². The van der Waals surface area contributed by atoms with E-state index in [2.05, 4.69) is 13.8 Å². The molecule has 1 N–H and O–H groups in total. The van der Waals surface area contributed by atoms with Crippen molar-refractivity contribution in [1.29, 1.82) is 5.41 Å². The van der Waals surface area contributed by atoms with Gasteiger partial charge in [0, 0.05) is 18.4 Å². The van der Waals surface area contributed by atoms with E-state index >= 15 is 0 Å². The molecular formula is C28H31F10N2O4S2+. The SMILES string of the molecule is CCCC[N+]1(CCC)CCCC1.N=C1C2=Cc3ccccc3C2=CC(S(=O)(=O)C(F)(F)C(F)(F)F)=C1S(=O)(=O)C(F)(F)C(F)(F)F. The minimum absolute atomic E-state index is 0.0223. The summed E-state index contributed by atoms with van der Waals surface area (Å²) in [5.41, 5.74) is -3.48. The van der Waals surface area contributed by atoms with Crippen molar-refractivity contribution in [2.24, 2.45) is 0 Å². The van der Waals surface area contributed by atoms with Crippen molar-refractivity contribution in [3.05, 3.63) is 56.9 Å². The van der Waals surface area contributed by atoms with Crippen molar-refractivity contribution in [1.82, 2.24) is 0 Å². The number of sulfone groups is 2. The molecule has 0 atom stereocenters. The van der Waals surface area contributed by atoms with Gasteiger partial charge < -0.3 is 4.48 Å². The van der Waals surface area contributed by atoms with Crippen LogP contribution in [-0.4, -0.2) is 76.1 Å². The highest BCUT2D eigenvalue weighted by Crippen LogP contribution is 2.52. The van der Waals surface area contributed by atoms with Gasteiger partial charge in [0.1, 0.15) is 4.91 Å². The smallest absolute Gasteiger partial charge is 0.324 e. The highest BCUT2D eigenvalue weighted by Gasteiger charge is 2.72. The average molecular weight is 714 g/mol. The van der Waals surface area contributed by atoms with Crippen LogP contribution < -0.4 is 0 Å². The molecule has 0 amide bonds. The maximum absolute atomic E-state index is 13.9. The predicted octanol–water partition coefficient (Wildman–Crippen LogP) is 7.66. The number of fused-ring (bicyclic) bond motifs is 3. The number of allylic oxidation sites excluding steroid dienone is 4. The molecule has 1 aromatic carbocycles. The molecule has 0 bridgehead atoms. The van der Waals surface area contributed by atoms with Gasteiger partial charge in [-0.15, -0.1) is 0 Å². The van der Waals surface area contributed by atoms with Crippen molar-refractivity contribution < 1.29 is 65.2 Å². The molecule has 6 nitrogen and oxygen atoms in total. The summed E-state index contributed by atoms with van der Waals surface area (Å²) >= 11 is 0. The number of quaternary nitrogens is 1. The molecule has 0 unspecified atom stereocenters. The van der Waals surface area contributed by atoms with Gasteiger partial charge in [-0.2, -0.15) is 43.9 Å². The third kappa shape index (κ3) is 6.40. The predicted molar refractivity (Wildman–Crippen MR) is 151 cm³/mol. The lowest BCUT2D eigenvalue weighted by Gasteiger charge is -2.34. The van der Waals surface area contributed by atoms with E-state index in [-0.39, 0.29) is 17.2 Å². The van der Waals surface area contributed by atoms with E-state index in [9.17, 15) is 60.7 Å². The number of hydrogen-bond acceptors (Lipinski definition) is 5. The number of rotatable bonds is 9. The van der Waals surface area contributed by atoms with Crippen LogP contribution in [0.15, 0.2) is 45.7 Å². The van der Waals surface area contributed by atoms with Crippen LogP contribution in [0, 0.1) is 5.41 Å². The molecule has 258 valence electrons. The van der Waals surface area contributed by atoms with Crippen molar-refractivity contribution in [3.63, 3.8) is 0 Å². The molecule has 0 spiro atoms. The van der Waals surface area contributed by atoms with Gasteiger partial charge in [0.2, 0.25) is 0 Å². The molecule has 2 aliphatic carbocycles. The van der Waals surface area contributed by atoms with Crippen LogP contribution in [0.5, 0.6) is 0 Å². The first-order valence-corrected chi connectivity index (χ1v) is 17.0. The zero-order valence-corrected chi connectivity index (χ0v) is 26.1. The van der Waals surface area contributed by atoms with Crippen molar-refractivity contribution >= 4 is 37.0 Å². The zero-order valence-electron chi connectivity index (χ0n) is 24.5. The Morgan fingerprint density at radius 2 is 1.24 bits per heavy atom. The minimum Gasteiger partial charge on any atom is -0.324 e. The van der Waals surface area contributed by atoms with Gasteiger partial charge in [-0.05, 0) is 41.7 Å². The lowest BCUT2D eigenvalue weighted by atomic mass is 9.95. The number of likely N-dealkylation sites (tertiary alicyclic amines) is 1. The van der Waals surface area contributed by atoms with E-state index in [1.165, 1.54) is 81.0 Å². The van der Waals surface area contributed by atoms with E-state index in [1.807, 2.05) is 0 Å². The molecule has 3 aliphatic rings. The molecule has 4 rings (SSSR count). The Balaban J connectivity index is 0.000000402. The quantitative estimate of drug-likeness (QED) is 0.210. The van der Waals surface area contributed by atoms with Crippen LogP contribution in [0.25, 0.3) is 11.6 Å². The average Bonchev–Trinajstić information content (AvgIpc) is 3.56. The van der Waals surface area contributed by atoms with Gasteiger partial charge in [0.05, 0.1) is 36.8 Å². The first-order valence-electron chi connectivity index (χ1n) is 14.0. The van der Waals surface area contributed by atoms with Gasteiger partial charge in [-0.3, -0.25) is 5.41 Å². The van der Waals surface area contributed by atoms with E-state index in [1.54, 1.807) is 0 Å². The van der Waals surface area contributed by atoms with Crippen LogP contribution in [0.3, 0.4) is 0 Å². The summed E-state index contributed by atoms with van der Waals surface area (Å²) < 4.78 is 183. The number of alkyl halides is 10. The highest BCUT2D eigenvalue weighted by atomic mass is 32.2. The van der Waals surface area contributed by atoms with E-state index in [0.29, 0.717) is 0 Å². The summed E-state index contributed by atoms with van der Waals surface area (Å²) in [6, 6.07) is 4.95. The molecule has 0 saturated carbocycles. The molecule has 1 saturated heterocycles. The van der Waals surface area contributed by atoms with E-state index in [0.717, 1.165) is 12.1 Å². The Bertz CT molecular complexity index is 1670. The zero-order chi connectivity index (χ0) is 35.1. The molecular weight excluding hydrogens is 682 g/mol. The second kappa shape index (κ2) is 12.7. The monoisotopic (exact) mass is 713 g/mol. The summed E-state index contributed by atoms with van der Waals surface area (Å²) in [5, 5.41) is -5.85. The largest absolute Gasteiger partial charge is 0.469 e. The molecule has 0 aromatic heterocycles. The number of hydrogen-bond donors (Lipinski definition) is 1. The third-order valence-electron chi connectivity index (χ3n) is 7.93. The maximum atomic E-state index is 13.9. The van der Waals surface area contributed by atoms with Gasteiger partial charge in [0.25, 0.3) is 19.7 Å². The Hall–Kier alpha value is -2.73. The number of nitrogens with zero attached hydrogens (tertiary/aromatic N) is 1. The number of unbranched alkanes of at least 4 members (excludes halogenated alkanes) is 1. The fraction of sp³-hybridized carbons (Fsp3) is 0.536. The topological polar surface area (TPSA) is 92.1 Å². The molecule has 0 radical (unpaired) electrons. The van der Waals surface area contributed by atoms with Crippen LogP contribution in [0.1, 0.15) is 57.1 Å². The minimum atomic E-state index is -7.40. The van der Waals surface area contributed by atoms with Crippen LogP contribution >= 0.6 is 0 Å². The third-order valence-corrected chi connectivity index (χ3v) is 11.7. The van der Waals surface area contributed by atoms with Crippen molar-refractivity contribution in [3.8, 4) is 0 Å². The molecule has 1 aliphatic heterocycles. The Kier molecular flexibility index (Phi) is 10.4. The number of benzene rings is 1. The highest BCUT2D eigenvalue weighted by molar-refractivity contribution is 8.01. The normalized spacial score (nSPS) is 18.8. The summed E-state index contributed by atoms with van der Waals surface area (Å²) in [7, 11) is -14.7. The van der Waals surface area contributed by atoms with Gasteiger partial charge in [0.15, 0.2) is 0 Å². The second-order valence-corrected chi connectivity index (χ2v) is 15.0. The maximum Gasteiger partial charge on any atom is 0.469 e. The Morgan fingerprint density at radius 1 is 0.717 bits per heavy atom. The first-order chi connectivity index (χ1) is 20.9. The van der Waals surface area contributed by atoms with Gasteiger partial charge >= 0.3 is 22.9 Å². The summed E-state index contributed by atoms with van der Waals surface area (Å²) in [6.45, 7) is 10.4.